The summed E-state index contributed by atoms with van der Waals surface area (Å²) in [7, 11) is 0. The molecule has 9 heteroatoms. The van der Waals surface area contributed by atoms with Gasteiger partial charge >= 0.3 is 0 Å². The van der Waals surface area contributed by atoms with Crippen LogP contribution in [0.5, 0.6) is 0 Å². The van der Waals surface area contributed by atoms with E-state index in [0.717, 1.165) is 11.3 Å². The van der Waals surface area contributed by atoms with Crippen LogP contribution in [0.3, 0.4) is 0 Å². The molecule has 0 saturated carbocycles. The van der Waals surface area contributed by atoms with E-state index in [2.05, 4.69) is 10.1 Å². The molecule has 0 radical (unpaired) electrons. The molecule has 1 aliphatic heterocycles. The van der Waals surface area contributed by atoms with E-state index in [1.165, 1.54) is 12.1 Å². The van der Waals surface area contributed by atoms with Crippen molar-refractivity contribution < 1.29 is 14.5 Å². The summed E-state index contributed by atoms with van der Waals surface area (Å²) >= 11 is 6.31. The molecule has 0 aliphatic carbocycles. The maximum Gasteiger partial charge on any atom is 0.260 e. The van der Waals surface area contributed by atoms with Crippen LogP contribution in [0, 0.1) is 17.3 Å². The Morgan fingerprint density at radius 2 is 1.94 bits per heavy atom. The van der Waals surface area contributed by atoms with Gasteiger partial charge in [-0.05, 0) is 19.9 Å². The summed E-state index contributed by atoms with van der Waals surface area (Å²) in [5.74, 6) is 0.363. The van der Waals surface area contributed by atoms with Gasteiger partial charge in [0.1, 0.15) is 22.7 Å². The molecule has 1 aliphatic rings. The Labute approximate surface area is 184 Å². The van der Waals surface area contributed by atoms with Gasteiger partial charge in [0.05, 0.1) is 10.7 Å². The predicted molar refractivity (Wildman–Crippen MR) is 118 cm³/mol. The number of piperazine rings is 1. The van der Waals surface area contributed by atoms with Crippen molar-refractivity contribution in [2.75, 3.05) is 24.5 Å². The summed E-state index contributed by atoms with van der Waals surface area (Å²) in [6.07, 6.45) is 0. The number of rotatable bonds is 4. The molecular formula is C22H22ClN4O4-. The van der Waals surface area contributed by atoms with Crippen LogP contribution >= 0.6 is 11.6 Å². The minimum Gasteiger partial charge on any atom is -0.628 e. The first-order chi connectivity index (χ1) is 14.9. The highest BCUT2D eigenvalue weighted by Crippen LogP contribution is 2.31. The summed E-state index contributed by atoms with van der Waals surface area (Å²) < 4.78 is 5.36. The number of carbonyl (C=O) groups excluding carboxylic acids is 1. The monoisotopic (exact) mass is 441 g/mol. The maximum absolute atomic E-state index is 13.4. The fourth-order valence-corrected chi connectivity index (χ4v) is 4.23. The number of anilines is 1. The van der Waals surface area contributed by atoms with Gasteiger partial charge in [-0.1, -0.05) is 47.1 Å². The minimum atomic E-state index is -1.27. The predicted octanol–water partition coefficient (Wildman–Crippen LogP) is 3.17. The Morgan fingerprint density at radius 3 is 2.58 bits per heavy atom. The van der Waals surface area contributed by atoms with Crippen molar-refractivity contribution in [1.29, 1.82) is 0 Å². The summed E-state index contributed by atoms with van der Waals surface area (Å²) in [6.45, 7) is 5.31. The van der Waals surface area contributed by atoms with Gasteiger partial charge in [0, 0.05) is 43.4 Å². The van der Waals surface area contributed by atoms with E-state index >= 15 is 0 Å². The second-order valence-electron chi connectivity index (χ2n) is 7.58. The van der Waals surface area contributed by atoms with E-state index in [1.807, 2.05) is 42.2 Å². The zero-order valence-corrected chi connectivity index (χ0v) is 17.9. The van der Waals surface area contributed by atoms with Gasteiger partial charge in [-0.25, -0.2) is 0 Å². The smallest absolute Gasteiger partial charge is 0.260 e. The van der Waals surface area contributed by atoms with E-state index in [0.29, 0.717) is 41.7 Å². The van der Waals surface area contributed by atoms with Crippen molar-refractivity contribution in [3.8, 4) is 11.3 Å². The van der Waals surface area contributed by atoms with Gasteiger partial charge in [0.15, 0.2) is 0 Å². The molecule has 1 atom stereocenters. The lowest BCUT2D eigenvalue weighted by Crippen LogP contribution is -2.96. The van der Waals surface area contributed by atoms with E-state index in [-0.39, 0.29) is 17.6 Å². The molecule has 1 N–H and O–H groups in total. The quantitative estimate of drug-likeness (QED) is 0.624. The third kappa shape index (κ3) is 4.15. The average Bonchev–Trinajstić information content (AvgIpc) is 3.15. The van der Waals surface area contributed by atoms with Crippen LogP contribution in [0.25, 0.3) is 11.3 Å². The van der Waals surface area contributed by atoms with Crippen LogP contribution < -0.4 is 10.1 Å². The number of nitrogens with one attached hydrogen (secondary N) is 1. The zero-order chi connectivity index (χ0) is 22.1. The first-order valence-corrected chi connectivity index (χ1v) is 10.3. The Hall–Kier alpha value is -2.91. The summed E-state index contributed by atoms with van der Waals surface area (Å²) in [6, 6.07) is 13.9. The van der Waals surface area contributed by atoms with Crippen molar-refractivity contribution >= 4 is 28.9 Å². The number of hydrogen-bond acceptors (Lipinski definition) is 6. The van der Waals surface area contributed by atoms with Crippen LogP contribution in [0.2, 0.25) is 5.02 Å². The highest BCUT2D eigenvalue weighted by molar-refractivity contribution is 6.33. The molecule has 4 rings (SSSR count). The first-order valence-electron chi connectivity index (χ1n) is 9.95. The summed E-state index contributed by atoms with van der Waals surface area (Å²) in [5, 5.41) is 25.3. The molecule has 0 spiro atoms. The Morgan fingerprint density at radius 1 is 1.19 bits per heavy atom. The summed E-state index contributed by atoms with van der Waals surface area (Å²) in [4.78, 5) is 17.3. The van der Waals surface area contributed by atoms with E-state index in [1.54, 1.807) is 13.0 Å². The standard InChI is InChI=1S/C22H22ClN4O4/c1-14-13-25(19-9-8-17(27(29)30)12-18(19)23)10-11-26(14)22(28)20-15(2)31-24-21(20)16-6-4-3-5-7-16/h3-9,12,14,27H,10-11,13H2,1-2H3/q-1. The highest BCUT2D eigenvalue weighted by atomic mass is 35.5. The maximum atomic E-state index is 13.4. The molecule has 1 unspecified atom stereocenters. The number of benzene rings is 2. The molecule has 1 saturated heterocycles. The Bertz CT molecular complexity index is 1090. The van der Waals surface area contributed by atoms with Gasteiger partial charge in [-0.15, -0.1) is 0 Å². The van der Waals surface area contributed by atoms with Crippen molar-refractivity contribution in [3.63, 3.8) is 0 Å². The molecule has 1 fully saturated rings. The molecule has 1 amide bonds. The van der Waals surface area contributed by atoms with E-state index < -0.39 is 5.23 Å². The van der Waals surface area contributed by atoms with Gasteiger partial charge in [-0.3, -0.25) is 4.79 Å². The SMILES string of the molecule is Cc1onc(-c2ccccc2)c1C(=O)N1CCN(c2ccc([NH+]([O-])[O-])cc2Cl)CC1C. The number of nitrogens with zero attached hydrogens (tertiary/aromatic N) is 3. The van der Waals surface area contributed by atoms with Crippen molar-refractivity contribution in [3.05, 3.63) is 75.3 Å². The van der Waals surface area contributed by atoms with Gasteiger partial charge in [-0.2, -0.15) is 0 Å². The lowest BCUT2D eigenvalue weighted by Gasteiger charge is -2.41. The number of hydrogen-bond donors (Lipinski definition) is 1. The van der Waals surface area contributed by atoms with Crippen LogP contribution in [0.4, 0.5) is 11.4 Å². The molecule has 0 bridgehead atoms. The van der Waals surface area contributed by atoms with Crippen molar-refractivity contribution in [2.24, 2.45) is 0 Å². The molecular weight excluding hydrogens is 420 g/mol. The summed E-state index contributed by atoms with van der Waals surface area (Å²) in [5.41, 5.74) is 2.61. The largest absolute Gasteiger partial charge is 0.628 e. The number of carbonyl (C=O) groups is 1. The van der Waals surface area contributed by atoms with Crippen LogP contribution in [-0.2, 0) is 0 Å². The Kier molecular flexibility index (Phi) is 5.97. The number of aromatic nitrogens is 1. The van der Waals surface area contributed by atoms with E-state index in [9.17, 15) is 15.2 Å². The fourth-order valence-electron chi connectivity index (χ4n) is 3.93. The number of halogens is 1. The molecule has 8 nitrogen and oxygen atoms in total. The number of quaternary nitrogens is 1. The van der Waals surface area contributed by atoms with Crippen LogP contribution in [0.15, 0.2) is 53.1 Å². The minimum absolute atomic E-state index is 0.0342. The Balaban J connectivity index is 1.54. The lowest BCUT2D eigenvalue weighted by molar-refractivity contribution is -0.715. The molecule has 1 aromatic heterocycles. The molecule has 2 aromatic carbocycles. The average molecular weight is 442 g/mol. The lowest BCUT2D eigenvalue weighted by atomic mass is 10.0. The second-order valence-corrected chi connectivity index (χ2v) is 7.98. The first kappa shape index (κ1) is 21.3. The second kappa shape index (κ2) is 8.68. The van der Waals surface area contributed by atoms with Gasteiger partial charge in [0.25, 0.3) is 5.91 Å². The molecule has 3 aromatic rings. The zero-order valence-electron chi connectivity index (χ0n) is 17.2. The molecule has 162 valence electrons. The molecule has 2 heterocycles. The van der Waals surface area contributed by atoms with Crippen molar-refractivity contribution in [1.82, 2.24) is 10.1 Å². The van der Waals surface area contributed by atoms with Gasteiger partial charge < -0.3 is 30.0 Å². The number of amides is 1. The van der Waals surface area contributed by atoms with Crippen LogP contribution in [0.1, 0.15) is 23.0 Å². The third-order valence-corrected chi connectivity index (χ3v) is 5.84. The van der Waals surface area contributed by atoms with Crippen LogP contribution in [-0.4, -0.2) is 41.6 Å². The van der Waals surface area contributed by atoms with E-state index in [4.69, 9.17) is 16.1 Å². The third-order valence-electron chi connectivity index (χ3n) is 5.54. The topological polar surface area (TPSA) is 100 Å². The van der Waals surface area contributed by atoms with Crippen molar-refractivity contribution in [2.45, 2.75) is 19.9 Å². The highest BCUT2D eigenvalue weighted by Gasteiger charge is 2.33. The fraction of sp³-hybridized carbons (Fsp3) is 0.273. The van der Waals surface area contributed by atoms with Gasteiger partial charge in [0.2, 0.25) is 0 Å². The molecule has 31 heavy (non-hydrogen) atoms. The normalized spacial score (nSPS) is 16.8. The number of aryl methyl sites for hydroxylation is 1.